The fourth-order valence-electron chi connectivity index (χ4n) is 1.55. The lowest BCUT2D eigenvalue weighted by molar-refractivity contribution is -0.126. The summed E-state index contributed by atoms with van der Waals surface area (Å²) in [6.45, 7) is 4.75. The number of amides is 2. The van der Waals surface area contributed by atoms with Crippen molar-refractivity contribution in [2.45, 2.75) is 26.7 Å². The maximum absolute atomic E-state index is 11.6. The molecule has 0 aliphatic carbocycles. The smallest absolute Gasteiger partial charge is 0.239 e. The van der Waals surface area contributed by atoms with E-state index >= 15 is 0 Å². The molecule has 19 heavy (non-hydrogen) atoms. The summed E-state index contributed by atoms with van der Waals surface area (Å²) in [5, 5.41) is 5.38. The Morgan fingerprint density at radius 1 is 1.05 bits per heavy atom. The van der Waals surface area contributed by atoms with Crippen LogP contribution in [0.3, 0.4) is 0 Å². The van der Waals surface area contributed by atoms with E-state index in [-0.39, 0.29) is 18.4 Å². The molecular formula is C15H22N2O2. The van der Waals surface area contributed by atoms with E-state index < -0.39 is 0 Å². The Labute approximate surface area is 114 Å². The van der Waals surface area contributed by atoms with Gasteiger partial charge in [0.15, 0.2) is 0 Å². The van der Waals surface area contributed by atoms with Gasteiger partial charge in [0.25, 0.3) is 0 Å². The molecule has 0 radical (unpaired) electrons. The molecule has 0 fully saturated rings. The molecule has 4 nitrogen and oxygen atoms in total. The zero-order chi connectivity index (χ0) is 14.1. The zero-order valence-electron chi connectivity index (χ0n) is 11.6. The van der Waals surface area contributed by atoms with Crippen molar-refractivity contribution in [1.82, 2.24) is 10.6 Å². The zero-order valence-corrected chi connectivity index (χ0v) is 11.6. The van der Waals surface area contributed by atoms with Crippen LogP contribution in [0.5, 0.6) is 0 Å². The van der Waals surface area contributed by atoms with Crippen LogP contribution in [0.4, 0.5) is 0 Å². The summed E-state index contributed by atoms with van der Waals surface area (Å²) >= 11 is 0. The maximum atomic E-state index is 11.6. The molecule has 0 spiro atoms. The highest BCUT2D eigenvalue weighted by atomic mass is 16.2. The van der Waals surface area contributed by atoms with Gasteiger partial charge in [-0.05, 0) is 17.9 Å². The number of hydrogen-bond donors (Lipinski definition) is 2. The third-order valence-corrected chi connectivity index (χ3v) is 2.64. The summed E-state index contributed by atoms with van der Waals surface area (Å²) < 4.78 is 0. The molecule has 0 atom stereocenters. The van der Waals surface area contributed by atoms with Gasteiger partial charge >= 0.3 is 0 Å². The minimum Gasteiger partial charge on any atom is -0.354 e. The number of carbonyl (C=O) groups is 2. The molecule has 4 heteroatoms. The monoisotopic (exact) mass is 262 g/mol. The number of aryl methyl sites for hydroxylation is 1. The molecular weight excluding hydrogens is 240 g/mol. The highest BCUT2D eigenvalue weighted by Crippen LogP contribution is 2.01. The summed E-state index contributed by atoms with van der Waals surface area (Å²) in [7, 11) is 0. The summed E-state index contributed by atoms with van der Waals surface area (Å²) in [6.07, 6.45) is 1.10. The number of hydrogen-bond acceptors (Lipinski definition) is 2. The Hall–Kier alpha value is -1.84. The quantitative estimate of drug-likeness (QED) is 0.782. The molecule has 2 amide bonds. The highest BCUT2D eigenvalue weighted by molar-refractivity contribution is 5.84. The molecule has 2 N–H and O–H groups in total. The van der Waals surface area contributed by atoms with Gasteiger partial charge in [0.05, 0.1) is 6.54 Å². The summed E-state index contributed by atoms with van der Waals surface area (Å²) in [4.78, 5) is 23.0. The second kappa shape index (κ2) is 8.29. The minimum absolute atomic E-state index is 0.0559. The van der Waals surface area contributed by atoms with E-state index in [1.807, 2.05) is 44.2 Å². The van der Waals surface area contributed by atoms with Crippen LogP contribution in [0.2, 0.25) is 0 Å². The normalized spacial score (nSPS) is 10.3. The fraction of sp³-hybridized carbons (Fsp3) is 0.467. The van der Waals surface area contributed by atoms with E-state index in [4.69, 9.17) is 0 Å². The molecule has 1 aromatic carbocycles. The van der Waals surface area contributed by atoms with Crippen molar-refractivity contribution in [2.24, 2.45) is 5.92 Å². The van der Waals surface area contributed by atoms with Crippen LogP contribution in [0, 0.1) is 5.92 Å². The van der Waals surface area contributed by atoms with Crippen molar-refractivity contribution in [3.63, 3.8) is 0 Å². The van der Waals surface area contributed by atoms with Gasteiger partial charge < -0.3 is 10.6 Å². The van der Waals surface area contributed by atoms with Gasteiger partial charge in [0, 0.05) is 13.0 Å². The van der Waals surface area contributed by atoms with Crippen molar-refractivity contribution in [3.05, 3.63) is 35.9 Å². The Bertz CT molecular complexity index is 402. The van der Waals surface area contributed by atoms with Crippen LogP contribution in [-0.2, 0) is 16.0 Å². The topological polar surface area (TPSA) is 58.2 Å². The molecule has 0 aliphatic heterocycles. The lowest BCUT2D eigenvalue weighted by Crippen LogP contribution is -2.38. The first-order chi connectivity index (χ1) is 9.08. The Kier molecular flexibility index (Phi) is 6.64. The third-order valence-electron chi connectivity index (χ3n) is 2.64. The van der Waals surface area contributed by atoms with Crippen LogP contribution < -0.4 is 10.6 Å². The first kappa shape index (κ1) is 15.2. The molecule has 0 bridgehead atoms. The SMILES string of the molecule is CC(C)CNC(=O)CNC(=O)CCc1ccccc1. The van der Waals surface area contributed by atoms with Crippen LogP contribution in [0.15, 0.2) is 30.3 Å². The Morgan fingerprint density at radius 3 is 2.37 bits per heavy atom. The molecule has 104 valence electrons. The second-order valence-electron chi connectivity index (χ2n) is 4.96. The maximum Gasteiger partial charge on any atom is 0.239 e. The van der Waals surface area contributed by atoms with Gasteiger partial charge in [0.2, 0.25) is 11.8 Å². The standard InChI is InChI=1S/C15H22N2O2/c1-12(2)10-16-15(19)11-17-14(18)9-8-13-6-4-3-5-7-13/h3-7,12H,8-11H2,1-2H3,(H,16,19)(H,17,18). The Balaban J connectivity index is 2.16. The van der Waals surface area contributed by atoms with Crippen LogP contribution in [0.1, 0.15) is 25.8 Å². The predicted molar refractivity (Wildman–Crippen MR) is 75.6 cm³/mol. The molecule has 0 saturated heterocycles. The first-order valence-electron chi connectivity index (χ1n) is 6.65. The molecule has 0 saturated carbocycles. The van der Waals surface area contributed by atoms with Crippen LogP contribution in [-0.4, -0.2) is 24.9 Å². The number of carbonyl (C=O) groups excluding carboxylic acids is 2. The fourth-order valence-corrected chi connectivity index (χ4v) is 1.55. The summed E-state index contributed by atoms with van der Waals surface area (Å²) in [5.74, 6) is 0.183. The predicted octanol–water partition coefficient (Wildman–Crippen LogP) is 1.51. The van der Waals surface area contributed by atoms with E-state index in [1.165, 1.54) is 0 Å². The van der Waals surface area contributed by atoms with Gasteiger partial charge in [0.1, 0.15) is 0 Å². The summed E-state index contributed by atoms with van der Waals surface area (Å²) in [6, 6.07) is 9.83. The van der Waals surface area contributed by atoms with Gasteiger partial charge in [-0.1, -0.05) is 44.2 Å². The first-order valence-corrected chi connectivity index (χ1v) is 6.65. The lowest BCUT2D eigenvalue weighted by atomic mass is 10.1. The van der Waals surface area contributed by atoms with Crippen molar-refractivity contribution < 1.29 is 9.59 Å². The van der Waals surface area contributed by atoms with Gasteiger partial charge in [-0.3, -0.25) is 9.59 Å². The molecule has 0 unspecified atom stereocenters. The number of benzene rings is 1. The van der Waals surface area contributed by atoms with Crippen LogP contribution >= 0.6 is 0 Å². The molecule has 1 rings (SSSR count). The average Bonchev–Trinajstić information content (AvgIpc) is 2.41. The van der Waals surface area contributed by atoms with Crippen LogP contribution in [0.25, 0.3) is 0 Å². The van der Waals surface area contributed by atoms with E-state index in [2.05, 4.69) is 10.6 Å². The molecule has 0 aliphatic rings. The second-order valence-corrected chi connectivity index (χ2v) is 4.96. The molecule has 0 aromatic heterocycles. The largest absolute Gasteiger partial charge is 0.354 e. The van der Waals surface area contributed by atoms with E-state index in [0.717, 1.165) is 5.56 Å². The van der Waals surface area contributed by atoms with Crippen molar-refractivity contribution >= 4 is 11.8 Å². The van der Waals surface area contributed by atoms with E-state index in [0.29, 0.717) is 25.3 Å². The van der Waals surface area contributed by atoms with Crippen molar-refractivity contribution in [2.75, 3.05) is 13.1 Å². The lowest BCUT2D eigenvalue weighted by Gasteiger charge is -2.08. The van der Waals surface area contributed by atoms with Gasteiger partial charge in [-0.2, -0.15) is 0 Å². The molecule has 1 aromatic rings. The minimum atomic E-state index is -0.137. The van der Waals surface area contributed by atoms with E-state index in [1.54, 1.807) is 0 Å². The number of rotatable bonds is 7. The third kappa shape index (κ3) is 7.24. The average molecular weight is 262 g/mol. The van der Waals surface area contributed by atoms with Gasteiger partial charge in [-0.25, -0.2) is 0 Å². The number of nitrogens with one attached hydrogen (secondary N) is 2. The van der Waals surface area contributed by atoms with E-state index in [9.17, 15) is 9.59 Å². The van der Waals surface area contributed by atoms with Crippen molar-refractivity contribution in [3.8, 4) is 0 Å². The summed E-state index contributed by atoms with van der Waals surface area (Å²) in [5.41, 5.74) is 1.13. The molecule has 0 heterocycles. The Morgan fingerprint density at radius 2 is 1.74 bits per heavy atom. The highest BCUT2D eigenvalue weighted by Gasteiger charge is 2.06. The van der Waals surface area contributed by atoms with Gasteiger partial charge in [-0.15, -0.1) is 0 Å². The van der Waals surface area contributed by atoms with Crippen molar-refractivity contribution in [1.29, 1.82) is 0 Å².